The molecule has 1 aromatic carbocycles. The van der Waals surface area contributed by atoms with Crippen molar-refractivity contribution in [1.82, 2.24) is 0 Å². The van der Waals surface area contributed by atoms with E-state index in [-0.39, 0.29) is 11.7 Å². The summed E-state index contributed by atoms with van der Waals surface area (Å²) < 4.78 is 10.6. The number of hydrogen-bond acceptors (Lipinski definition) is 4. The molecule has 0 unspecified atom stereocenters. The third-order valence-corrected chi connectivity index (χ3v) is 2.99. The molecule has 1 heterocycles. The Morgan fingerprint density at radius 3 is 2.76 bits per heavy atom. The van der Waals surface area contributed by atoms with Crippen molar-refractivity contribution >= 4 is 17.9 Å². The van der Waals surface area contributed by atoms with E-state index >= 15 is 0 Å². The van der Waals surface area contributed by atoms with Gasteiger partial charge in [0.25, 0.3) is 0 Å². The number of ether oxygens (including phenoxy) is 1. The maximum absolute atomic E-state index is 11.8. The minimum absolute atomic E-state index is 0.0638. The Kier molecular flexibility index (Phi) is 4.77. The van der Waals surface area contributed by atoms with E-state index in [1.807, 2.05) is 6.92 Å². The Bertz CT molecular complexity index is 645. The van der Waals surface area contributed by atoms with Crippen molar-refractivity contribution in [3.8, 4) is 17.1 Å². The molecule has 0 saturated heterocycles. The van der Waals surface area contributed by atoms with Crippen molar-refractivity contribution < 1.29 is 18.7 Å². The number of benzene rings is 1. The maximum atomic E-state index is 11.8. The molecule has 2 rings (SSSR count). The number of hydrogen-bond donors (Lipinski definition) is 1. The number of amides is 1. The van der Waals surface area contributed by atoms with Crippen LogP contribution in [0, 0.1) is 0 Å². The topological polar surface area (TPSA) is 68.5 Å². The normalized spacial score (nSPS) is 10.2. The van der Waals surface area contributed by atoms with Crippen LogP contribution in [0.2, 0.25) is 0 Å². The summed E-state index contributed by atoms with van der Waals surface area (Å²) in [6.45, 7) is 1.94. The number of aldehydes is 1. The monoisotopic (exact) mass is 287 g/mol. The van der Waals surface area contributed by atoms with E-state index in [1.54, 1.807) is 37.4 Å². The van der Waals surface area contributed by atoms with Gasteiger partial charge in [0.1, 0.15) is 11.5 Å². The molecule has 0 aliphatic rings. The van der Waals surface area contributed by atoms with E-state index in [0.717, 1.165) is 6.42 Å². The fourth-order valence-electron chi connectivity index (χ4n) is 1.96. The quantitative estimate of drug-likeness (QED) is 0.825. The van der Waals surface area contributed by atoms with Gasteiger partial charge >= 0.3 is 0 Å². The number of carbonyl (C=O) groups excluding carboxylic acids is 2. The largest absolute Gasteiger partial charge is 0.497 e. The number of carbonyl (C=O) groups is 2. The Labute approximate surface area is 122 Å². The van der Waals surface area contributed by atoms with Gasteiger partial charge in [0.05, 0.1) is 12.8 Å². The summed E-state index contributed by atoms with van der Waals surface area (Å²) in [5, 5.41) is 2.85. The predicted molar refractivity (Wildman–Crippen MR) is 79.6 cm³/mol. The lowest BCUT2D eigenvalue weighted by molar-refractivity contribution is -0.116. The number of anilines is 1. The van der Waals surface area contributed by atoms with Crippen molar-refractivity contribution in [3.63, 3.8) is 0 Å². The highest BCUT2D eigenvalue weighted by Crippen LogP contribution is 2.33. The van der Waals surface area contributed by atoms with Gasteiger partial charge in [-0.1, -0.05) is 6.92 Å². The number of rotatable bonds is 6. The Hall–Kier alpha value is -2.56. The molecule has 2 aromatic rings. The highest BCUT2D eigenvalue weighted by molar-refractivity contribution is 5.95. The predicted octanol–water partition coefficient (Wildman–Crippen LogP) is 3.51. The average molecular weight is 287 g/mol. The van der Waals surface area contributed by atoms with E-state index in [0.29, 0.717) is 35.5 Å². The van der Waals surface area contributed by atoms with E-state index in [4.69, 9.17) is 9.15 Å². The van der Waals surface area contributed by atoms with Crippen LogP contribution in [0.4, 0.5) is 5.69 Å². The Balaban J connectivity index is 2.39. The Morgan fingerprint density at radius 1 is 1.33 bits per heavy atom. The molecular weight excluding hydrogens is 270 g/mol. The number of nitrogens with one attached hydrogen (secondary N) is 1. The molecule has 0 saturated carbocycles. The van der Waals surface area contributed by atoms with Gasteiger partial charge in [-0.3, -0.25) is 9.59 Å². The van der Waals surface area contributed by atoms with Crippen molar-refractivity contribution in [1.29, 1.82) is 0 Å². The van der Waals surface area contributed by atoms with E-state index in [9.17, 15) is 9.59 Å². The summed E-state index contributed by atoms with van der Waals surface area (Å²) >= 11 is 0. The van der Waals surface area contributed by atoms with Crippen LogP contribution in [0.1, 0.15) is 30.3 Å². The zero-order valence-electron chi connectivity index (χ0n) is 12.0. The van der Waals surface area contributed by atoms with Gasteiger partial charge in [-0.05, 0) is 36.8 Å². The third-order valence-electron chi connectivity index (χ3n) is 2.99. The smallest absolute Gasteiger partial charge is 0.224 e. The summed E-state index contributed by atoms with van der Waals surface area (Å²) in [5.41, 5.74) is 1.30. The third kappa shape index (κ3) is 3.51. The van der Waals surface area contributed by atoms with Crippen molar-refractivity contribution in [2.75, 3.05) is 12.4 Å². The maximum Gasteiger partial charge on any atom is 0.224 e. The van der Waals surface area contributed by atoms with Crippen LogP contribution in [-0.4, -0.2) is 19.3 Å². The molecule has 0 bridgehead atoms. The summed E-state index contributed by atoms with van der Waals surface area (Å²) in [6.07, 6.45) is 1.86. The van der Waals surface area contributed by atoms with E-state index < -0.39 is 0 Å². The van der Waals surface area contributed by atoms with Crippen LogP contribution in [-0.2, 0) is 4.79 Å². The zero-order valence-corrected chi connectivity index (χ0v) is 12.0. The molecule has 5 heteroatoms. The molecule has 0 spiro atoms. The molecule has 0 radical (unpaired) electrons. The molecule has 0 aliphatic heterocycles. The van der Waals surface area contributed by atoms with Crippen LogP contribution in [0.5, 0.6) is 5.75 Å². The second kappa shape index (κ2) is 6.74. The van der Waals surface area contributed by atoms with Crippen LogP contribution >= 0.6 is 0 Å². The summed E-state index contributed by atoms with van der Waals surface area (Å²) in [4.78, 5) is 22.5. The molecular formula is C16H17NO4. The fourth-order valence-corrected chi connectivity index (χ4v) is 1.96. The van der Waals surface area contributed by atoms with Crippen LogP contribution in [0.25, 0.3) is 11.3 Å². The van der Waals surface area contributed by atoms with Gasteiger partial charge in [0.2, 0.25) is 5.91 Å². The zero-order chi connectivity index (χ0) is 15.2. The van der Waals surface area contributed by atoms with Gasteiger partial charge in [-0.15, -0.1) is 0 Å². The van der Waals surface area contributed by atoms with Gasteiger partial charge in [-0.2, -0.15) is 0 Å². The van der Waals surface area contributed by atoms with Crippen molar-refractivity contribution in [2.24, 2.45) is 0 Å². The first-order valence-electron chi connectivity index (χ1n) is 6.71. The molecule has 1 N–H and O–H groups in total. The summed E-state index contributed by atoms with van der Waals surface area (Å²) in [5.74, 6) is 1.31. The molecule has 5 nitrogen and oxygen atoms in total. The fraction of sp³-hybridized carbons (Fsp3) is 0.250. The second-order valence-corrected chi connectivity index (χ2v) is 4.53. The van der Waals surface area contributed by atoms with Crippen LogP contribution < -0.4 is 10.1 Å². The first kappa shape index (κ1) is 14.8. The molecule has 1 amide bonds. The molecule has 110 valence electrons. The summed E-state index contributed by atoms with van der Waals surface area (Å²) in [7, 11) is 1.56. The highest BCUT2D eigenvalue weighted by atomic mass is 16.5. The first-order valence-corrected chi connectivity index (χ1v) is 6.71. The van der Waals surface area contributed by atoms with Gasteiger partial charge in [0, 0.05) is 12.0 Å². The van der Waals surface area contributed by atoms with Gasteiger partial charge in [0.15, 0.2) is 12.0 Å². The van der Waals surface area contributed by atoms with Gasteiger partial charge in [-0.25, -0.2) is 0 Å². The molecule has 21 heavy (non-hydrogen) atoms. The average Bonchev–Trinajstić information content (AvgIpc) is 2.96. The standard InChI is InChI=1S/C16H17NO4/c1-3-4-16(19)17-14-7-5-11(20-2)9-13(14)15-8-6-12(10-18)21-15/h5-10H,3-4H2,1-2H3,(H,17,19). The Morgan fingerprint density at radius 2 is 2.14 bits per heavy atom. The molecule has 0 aliphatic carbocycles. The SMILES string of the molecule is CCCC(=O)Nc1ccc(OC)cc1-c1ccc(C=O)o1. The highest BCUT2D eigenvalue weighted by Gasteiger charge is 2.13. The lowest BCUT2D eigenvalue weighted by Gasteiger charge is -2.11. The second-order valence-electron chi connectivity index (χ2n) is 4.53. The lowest BCUT2D eigenvalue weighted by Crippen LogP contribution is -2.11. The van der Waals surface area contributed by atoms with Crippen molar-refractivity contribution in [2.45, 2.75) is 19.8 Å². The minimum Gasteiger partial charge on any atom is -0.497 e. The minimum atomic E-state index is -0.0638. The number of methoxy groups -OCH3 is 1. The summed E-state index contributed by atoms with van der Waals surface area (Å²) in [6, 6.07) is 8.54. The van der Waals surface area contributed by atoms with E-state index in [2.05, 4.69) is 5.32 Å². The molecule has 0 atom stereocenters. The van der Waals surface area contributed by atoms with Crippen molar-refractivity contribution in [3.05, 3.63) is 36.1 Å². The van der Waals surface area contributed by atoms with Gasteiger partial charge < -0.3 is 14.5 Å². The lowest BCUT2D eigenvalue weighted by atomic mass is 10.1. The molecule has 1 aromatic heterocycles. The van der Waals surface area contributed by atoms with E-state index in [1.165, 1.54) is 0 Å². The first-order chi connectivity index (χ1) is 10.2. The van der Waals surface area contributed by atoms with Crippen LogP contribution in [0.15, 0.2) is 34.7 Å². The van der Waals surface area contributed by atoms with Crippen LogP contribution in [0.3, 0.4) is 0 Å². The molecule has 0 fully saturated rings. The number of furan rings is 1.